The maximum absolute atomic E-state index is 13.0. The molecule has 2 fully saturated rings. The van der Waals surface area contributed by atoms with Crippen LogP contribution in [0.15, 0.2) is 18.2 Å². The average molecular weight is 346 g/mol. The van der Waals surface area contributed by atoms with Gasteiger partial charge in [-0.3, -0.25) is 14.5 Å². The van der Waals surface area contributed by atoms with Crippen molar-refractivity contribution in [3.8, 4) is 11.5 Å². The third-order valence-electron chi connectivity index (χ3n) is 5.38. The van der Waals surface area contributed by atoms with Crippen LogP contribution in [-0.4, -0.2) is 37.6 Å². The molecule has 2 aliphatic rings. The van der Waals surface area contributed by atoms with Gasteiger partial charge in [0.15, 0.2) is 0 Å². The standard InChI is InChI=1S/C19H26N2O4/c1-19(18(23)20-13-6-4-5-7-13)11-10-17(22)21(19)15-12-14(24-2)8-9-16(15)25-3/h8-9,12-13H,4-7,10-11H2,1-3H3,(H,20,23)/t19-/m1/s1. The Bertz CT molecular complexity index is 669. The van der Waals surface area contributed by atoms with Crippen LogP contribution in [0.1, 0.15) is 45.4 Å². The van der Waals surface area contributed by atoms with Crippen molar-refractivity contribution in [2.45, 2.75) is 57.0 Å². The van der Waals surface area contributed by atoms with Crippen molar-refractivity contribution >= 4 is 17.5 Å². The summed E-state index contributed by atoms with van der Waals surface area (Å²) in [6.45, 7) is 1.83. The molecule has 0 aromatic heterocycles. The van der Waals surface area contributed by atoms with E-state index in [-0.39, 0.29) is 17.9 Å². The summed E-state index contributed by atoms with van der Waals surface area (Å²) in [6.07, 6.45) is 5.15. The second kappa shape index (κ2) is 6.94. The summed E-state index contributed by atoms with van der Waals surface area (Å²) in [6, 6.07) is 5.51. The highest BCUT2D eigenvalue weighted by Gasteiger charge is 2.49. The van der Waals surface area contributed by atoms with E-state index in [4.69, 9.17) is 9.47 Å². The highest BCUT2D eigenvalue weighted by Crippen LogP contribution is 2.42. The smallest absolute Gasteiger partial charge is 0.246 e. The van der Waals surface area contributed by atoms with E-state index in [0.717, 1.165) is 25.7 Å². The number of anilines is 1. The van der Waals surface area contributed by atoms with Crippen LogP contribution in [0.2, 0.25) is 0 Å². The average Bonchev–Trinajstić information content (AvgIpc) is 3.23. The number of nitrogens with one attached hydrogen (secondary N) is 1. The lowest BCUT2D eigenvalue weighted by molar-refractivity contribution is -0.127. The summed E-state index contributed by atoms with van der Waals surface area (Å²) in [5, 5.41) is 3.14. The van der Waals surface area contributed by atoms with E-state index in [1.54, 1.807) is 37.3 Å². The number of amides is 2. The molecule has 6 nitrogen and oxygen atoms in total. The molecule has 2 amide bonds. The summed E-state index contributed by atoms with van der Waals surface area (Å²) >= 11 is 0. The van der Waals surface area contributed by atoms with Gasteiger partial charge < -0.3 is 14.8 Å². The number of carbonyl (C=O) groups excluding carboxylic acids is 2. The Morgan fingerprint density at radius 3 is 2.60 bits per heavy atom. The van der Waals surface area contributed by atoms with Crippen LogP contribution in [0.3, 0.4) is 0 Å². The van der Waals surface area contributed by atoms with Gasteiger partial charge in [0.25, 0.3) is 0 Å². The van der Waals surface area contributed by atoms with Crippen LogP contribution in [0.25, 0.3) is 0 Å². The highest BCUT2D eigenvalue weighted by atomic mass is 16.5. The molecular formula is C19H26N2O4. The van der Waals surface area contributed by atoms with Gasteiger partial charge in [0.1, 0.15) is 17.0 Å². The van der Waals surface area contributed by atoms with Crippen LogP contribution in [0, 0.1) is 0 Å². The van der Waals surface area contributed by atoms with Gasteiger partial charge in [-0.2, -0.15) is 0 Å². The van der Waals surface area contributed by atoms with Gasteiger partial charge in [-0.05, 0) is 38.3 Å². The lowest BCUT2D eigenvalue weighted by Crippen LogP contribution is -2.56. The van der Waals surface area contributed by atoms with Gasteiger partial charge in [0.05, 0.1) is 19.9 Å². The predicted molar refractivity (Wildman–Crippen MR) is 95.1 cm³/mol. The summed E-state index contributed by atoms with van der Waals surface area (Å²) in [5.41, 5.74) is -0.340. The molecular weight excluding hydrogens is 320 g/mol. The van der Waals surface area contributed by atoms with Crippen molar-refractivity contribution < 1.29 is 19.1 Å². The molecule has 136 valence electrons. The Morgan fingerprint density at radius 1 is 1.24 bits per heavy atom. The molecule has 1 heterocycles. The maximum atomic E-state index is 13.0. The molecule has 3 rings (SSSR count). The quantitative estimate of drug-likeness (QED) is 0.890. The fraction of sp³-hybridized carbons (Fsp3) is 0.579. The number of ether oxygens (including phenoxy) is 2. The lowest BCUT2D eigenvalue weighted by atomic mass is 9.96. The zero-order valence-electron chi connectivity index (χ0n) is 15.1. The second-order valence-corrected chi connectivity index (χ2v) is 7.00. The van der Waals surface area contributed by atoms with Crippen molar-refractivity contribution in [3.05, 3.63) is 18.2 Å². The van der Waals surface area contributed by atoms with Gasteiger partial charge in [0, 0.05) is 18.5 Å². The largest absolute Gasteiger partial charge is 0.497 e. The number of nitrogens with zero attached hydrogens (tertiary/aromatic N) is 1. The molecule has 0 unspecified atom stereocenters. The lowest BCUT2D eigenvalue weighted by Gasteiger charge is -2.35. The van der Waals surface area contributed by atoms with E-state index in [1.165, 1.54) is 0 Å². The molecule has 0 bridgehead atoms. The number of carbonyl (C=O) groups is 2. The zero-order chi connectivity index (χ0) is 18.0. The predicted octanol–water partition coefficient (Wildman–Crippen LogP) is 2.65. The zero-order valence-corrected chi connectivity index (χ0v) is 15.1. The first-order valence-corrected chi connectivity index (χ1v) is 8.85. The van der Waals surface area contributed by atoms with Crippen LogP contribution in [-0.2, 0) is 9.59 Å². The Balaban J connectivity index is 1.94. The molecule has 1 aromatic carbocycles. The summed E-state index contributed by atoms with van der Waals surface area (Å²) in [4.78, 5) is 27.3. The molecule has 1 aliphatic carbocycles. The molecule has 6 heteroatoms. The number of benzene rings is 1. The summed E-state index contributed by atoms with van der Waals surface area (Å²) < 4.78 is 10.7. The van der Waals surface area contributed by atoms with Crippen molar-refractivity contribution in [2.75, 3.05) is 19.1 Å². The van der Waals surface area contributed by atoms with Crippen molar-refractivity contribution in [2.24, 2.45) is 0 Å². The summed E-state index contributed by atoms with van der Waals surface area (Å²) in [5.74, 6) is 1.01. The molecule has 1 atom stereocenters. The maximum Gasteiger partial charge on any atom is 0.246 e. The van der Waals surface area contributed by atoms with E-state index in [9.17, 15) is 9.59 Å². The number of methoxy groups -OCH3 is 2. The third-order valence-corrected chi connectivity index (χ3v) is 5.38. The molecule has 1 aromatic rings. The Labute approximate surface area is 148 Å². The van der Waals surface area contributed by atoms with E-state index in [0.29, 0.717) is 30.0 Å². The van der Waals surface area contributed by atoms with Crippen LogP contribution in [0.5, 0.6) is 11.5 Å². The van der Waals surface area contributed by atoms with E-state index >= 15 is 0 Å². The van der Waals surface area contributed by atoms with Crippen LogP contribution >= 0.6 is 0 Å². The number of hydrogen-bond donors (Lipinski definition) is 1. The van der Waals surface area contributed by atoms with E-state index < -0.39 is 5.54 Å². The molecule has 0 radical (unpaired) electrons. The van der Waals surface area contributed by atoms with Crippen LogP contribution < -0.4 is 19.7 Å². The normalized spacial score (nSPS) is 23.8. The molecule has 25 heavy (non-hydrogen) atoms. The van der Waals surface area contributed by atoms with Crippen molar-refractivity contribution in [1.29, 1.82) is 0 Å². The molecule has 1 saturated heterocycles. The van der Waals surface area contributed by atoms with Gasteiger partial charge in [-0.25, -0.2) is 0 Å². The van der Waals surface area contributed by atoms with Gasteiger partial charge in [-0.15, -0.1) is 0 Å². The minimum Gasteiger partial charge on any atom is -0.497 e. The SMILES string of the molecule is COc1ccc(OC)c(N2C(=O)CC[C@]2(C)C(=O)NC2CCCC2)c1. The van der Waals surface area contributed by atoms with Crippen molar-refractivity contribution in [1.82, 2.24) is 5.32 Å². The summed E-state index contributed by atoms with van der Waals surface area (Å²) in [7, 11) is 3.13. The molecule has 0 spiro atoms. The second-order valence-electron chi connectivity index (χ2n) is 7.00. The number of rotatable bonds is 5. The minimum absolute atomic E-state index is 0.0735. The Hall–Kier alpha value is -2.24. The fourth-order valence-electron chi connectivity index (χ4n) is 3.85. The first kappa shape index (κ1) is 17.6. The van der Waals surface area contributed by atoms with E-state index in [1.807, 2.05) is 6.92 Å². The Kier molecular flexibility index (Phi) is 4.88. The van der Waals surface area contributed by atoms with E-state index in [2.05, 4.69) is 5.32 Å². The third kappa shape index (κ3) is 3.17. The first-order chi connectivity index (χ1) is 12.0. The Morgan fingerprint density at radius 2 is 1.96 bits per heavy atom. The molecule has 1 saturated carbocycles. The highest BCUT2D eigenvalue weighted by molar-refractivity contribution is 6.07. The first-order valence-electron chi connectivity index (χ1n) is 8.85. The number of hydrogen-bond acceptors (Lipinski definition) is 4. The molecule has 1 N–H and O–H groups in total. The van der Waals surface area contributed by atoms with Gasteiger partial charge in [-0.1, -0.05) is 12.8 Å². The monoisotopic (exact) mass is 346 g/mol. The van der Waals surface area contributed by atoms with Gasteiger partial charge >= 0.3 is 0 Å². The topological polar surface area (TPSA) is 67.9 Å². The van der Waals surface area contributed by atoms with Crippen LogP contribution in [0.4, 0.5) is 5.69 Å². The molecule has 1 aliphatic heterocycles. The minimum atomic E-state index is -0.917. The van der Waals surface area contributed by atoms with Crippen molar-refractivity contribution in [3.63, 3.8) is 0 Å². The fourth-order valence-corrected chi connectivity index (χ4v) is 3.85. The van der Waals surface area contributed by atoms with Gasteiger partial charge in [0.2, 0.25) is 11.8 Å².